The number of fused-ring (bicyclic) bond motifs is 3. The van der Waals surface area contributed by atoms with Gasteiger partial charge in [-0.15, -0.1) is 0 Å². The van der Waals surface area contributed by atoms with Gasteiger partial charge in [-0.25, -0.2) is 0 Å². The average Bonchev–Trinajstić information content (AvgIpc) is 3.15. The topological polar surface area (TPSA) is 98.9 Å². The summed E-state index contributed by atoms with van der Waals surface area (Å²) in [5.41, 5.74) is 11.3. The van der Waals surface area contributed by atoms with E-state index in [1.165, 1.54) is 0 Å². The van der Waals surface area contributed by atoms with E-state index in [4.69, 9.17) is 15.2 Å². The van der Waals surface area contributed by atoms with E-state index < -0.39 is 23.9 Å². The van der Waals surface area contributed by atoms with Crippen LogP contribution in [0.4, 0.5) is 0 Å². The molecule has 0 saturated carbocycles. The van der Waals surface area contributed by atoms with Gasteiger partial charge >= 0.3 is 11.9 Å². The molecular formula is C30H33NO5. The minimum absolute atomic E-state index is 0.00769. The fourth-order valence-electron chi connectivity index (χ4n) is 4.74. The van der Waals surface area contributed by atoms with Gasteiger partial charge in [0.25, 0.3) is 0 Å². The zero-order chi connectivity index (χ0) is 25.9. The van der Waals surface area contributed by atoms with Crippen molar-refractivity contribution < 1.29 is 24.2 Å². The summed E-state index contributed by atoms with van der Waals surface area (Å²) < 4.78 is 11.4. The second-order valence-corrected chi connectivity index (χ2v) is 10.3. The van der Waals surface area contributed by atoms with Crippen molar-refractivity contribution >= 4 is 11.9 Å². The molecule has 0 aliphatic heterocycles. The van der Waals surface area contributed by atoms with Gasteiger partial charge in [-0.3, -0.25) is 9.59 Å². The molecule has 0 fully saturated rings. The molecule has 1 unspecified atom stereocenters. The summed E-state index contributed by atoms with van der Waals surface area (Å²) in [6.45, 7) is 6.02. The Morgan fingerprint density at radius 2 is 1.47 bits per heavy atom. The summed E-state index contributed by atoms with van der Waals surface area (Å²) in [4.78, 5) is 24.8. The van der Waals surface area contributed by atoms with Crippen molar-refractivity contribution in [2.24, 2.45) is 11.7 Å². The van der Waals surface area contributed by atoms with Crippen LogP contribution in [-0.2, 0) is 20.7 Å². The van der Waals surface area contributed by atoms with E-state index >= 15 is 0 Å². The van der Waals surface area contributed by atoms with E-state index in [1.807, 2.05) is 81.4 Å². The Balaban J connectivity index is 1.38. The molecule has 6 nitrogen and oxygen atoms in total. The SMILES string of the molecule is CC(C)(C)Oc1ccc(CC(N)C[C@H](C(=O)O)C(=O)OCC2c3ccccc3-c3ccccc32)cc1. The first-order valence-electron chi connectivity index (χ1n) is 12.2. The Morgan fingerprint density at radius 1 is 0.917 bits per heavy atom. The molecule has 3 aromatic carbocycles. The fraction of sp³-hybridized carbons (Fsp3) is 0.333. The first-order valence-corrected chi connectivity index (χ1v) is 12.2. The fourth-order valence-corrected chi connectivity index (χ4v) is 4.74. The van der Waals surface area contributed by atoms with Gasteiger partial charge in [0, 0.05) is 12.0 Å². The third-order valence-corrected chi connectivity index (χ3v) is 6.32. The summed E-state index contributed by atoms with van der Waals surface area (Å²) in [6.07, 6.45) is 0.433. The Kier molecular flexibility index (Phi) is 7.45. The maximum atomic E-state index is 12.9. The molecule has 4 rings (SSSR count). The second kappa shape index (κ2) is 10.5. The molecule has 0 saturated heterocycles. The van der Waals surface area contributed by atoms with Gasteiger partial charge in [-0.1, -0.05) is 60.7 Å². The Hall–Kier alpha value is -3.64. The van der Waals surface area contributed by atoms with Gasteiger partial charge in [-0.2, -0.15) is 0 Å². The van der Waals surface area contributed by atoms with Gasteiger partial charge in [-0.05, 0) is 73.6 Å². The number of carbonyl (C=O) groups excluding carboxylic acids is 1. The highest BCUT2D eigenvalue weighted by Crippen LogP contribution is 2.44. The lowest BCUT2D eigenvalue weighted by Crippen LogP contribution is -2.35. The number of benzene rings is 3. The van der Waals surface area contributed by atoms with E-state index in [1.54, 1.807) is 0 Å². The molecule has 6 heteroatoms. The van der Waals surface area contributed by atoms with Crippen LogP contribution in [0.25, 0.3) is 11.1 Å². The van der Waals surface area contributed by atoms with Crippen LogP contribution in [0.1, 0.15) is 49.8 Å². The van der Waals surface area contributed by atoms with Gasteiger partial charge in [0.05, 0.1) is 0 Å². The molecule has 1 aliphatic carbocycles. The molecule has 3 N–H and O–H groups in total. The third-order valence-electron chi connectivity index (χ3n) is 6.32. The maximum Gasteiger partial charge on any atom is 0.320 e. The predicted octanol–water partition coefficient (Wildman–Crippen LogP) is 5.18. The summed E-state index contributed by atoms with van der Waals surface area (Å²) >= 11 is 0. The van der Waals surface area contributed by atoms with Crippen LogP contribution in [0, 0.1) is 5.92 Å². The number of nitrogens with two attached hydrogens (primary N) is 1. The highest BCUT2D eigenvalue weighted by molar-refractivity contribution is 5.94. The highest BCUT2D eigenvalue weighted by Gasteiger charge is 2.33. The minimum Gasteiger partial charge on any atom is -0.488 e. The molecule has 2 atom stereocenters. The Bertz CT molecular complexity index is 1180. The van der Waals surface area contributed by atoms with Crippen molar-refractivity contribution in [3.63, 3.8) is 0 Å². The smallest absolute Gasteiger partial charge is 0.320 e. The second-order valence-electron chi connectivity index (χ2n) is 10.3. The molecule has 0 spiro atoms. The van der Waals surface area contributed by atoms with E-state index in [9.17, 15) is 14.7 Å². The predicted molar refractivity (Wildman–Crippen MR) is 139 cm³/mol. The molecule has 3 aromatic rings. The van der Waals surface area contributed by atoms with Crippen molar-refractivity contribution in [1.82, 2.24) is 0 Å². The first-order chi connectivity index (χ1) is 17.1. The van der Waals surface area contributed by atoms with E-state index in [0.717, 1.165) is 33.6 Å². The number of aliphatic carboxylic acids is 1. The third kappa shape index (κ3) is 5.94. The summed E-state index contributed by atoms with van der Waals surface area (Å²) in [6, 6.07) is 23.1. The Morgan fingerprint density at radius 3 is 2.00 bits per heavy atom. The van der Waals surface area contributed by atoms with E-state index in [0.29, 0.717) is 6.42 Å². The maximum absolute atomic E-state index is 12.9. The van der Waals surface area contributed by atoms with Crippen molar-refractivity contribution in [1.29, 1.82) is 0 Å². The number of hydrogen-bond donors (Lipinski definition) is 2. The zero-order valence-corrected chi connectivity index (χ0v) is 20.9. The number of carboxylic acids is 1. The van der Waals surface area contributed by atoms with E-state index in [2.05, 4.69) is 12.1 Å². The molecule has 0 aromatic heterocycles. The molecule has 1 aliphatic rings. The molecule has 0 heterocycles. The molecule has 0 radical (unpaired) electrons. The molecule has 0 bridgehead atoms. The minimum atomic E-state index is -1.32. The zero-order valence-electron chi connectivity index (χ0n) is 20.9. The number of carbonyl (C=O) groups is 2. The van der Waals surface area contributed by atoms with Crippen molar-refractivity contribution in [2.45, 2.75) is 51.2 Å². The number of ether oxygens (including phenoxy) is 2. The normalized spacial score (nSPS) is 14.4. The standard InChI is InChI=1S/C30H33NO5/c1-30(2,3)36-21-14-12-19(13-15-21)16-20(31)17-26(28(32)33)29(34)35-18-27-24-10-6-4-8-22(24)23-9-5-7-11-25(23)27/h4-15,20,26-27H,16-18,31H2,1-3H3,(H,32,33)/t20?,26-/m1/s1. The number of hydrogen-bond acceptors (Lipinski definition) is 5. The lowest BCUT2D eigenvalue weighted by atomic mass is 9.95. The number of rotatable bonds is 9. The van der Waals surface area contributed by atoms with Gasteiger partial charge in [0.15, 0.2) is 5.92 Å². The number of esters is 1. The largest absolute Gasteiger partial charge is 0.488 e. The van der Waals surface area contributed by atoms with Crippen LogP contribution in [0.3, 0.4) is 0 Å². The number of carboxylic acid groups (broad SMARTS) is 1. The van der Waals surface area contributed by atoms with Crippen LogP contribution in [0.5, 0.6) is 5.75 Å². The van der Waals surface area contributed by atoms with E-state index in [-0.39, 0.29) is 24.5 Å². The molecule has 0 amide bonds. The highest BCUT2D eigenvalue weighted by atomic mass is 16.5. The van der Waals surface area contributed by atoms with Crippen LogP contribution < -0.4 is 10.5 Å². The van der Waals surface area contributed by atoms with Crippen molar-refractivity contribution in [3.05, 3.63) is 89.5 Å². The monoisotopic (exact) mass is 487 g/mol. The summed E-state index contributed by atoms with van der Waals surface area (Å²) in [7, 11) is 0. The molecule has 188 valence electrons. The quantitative estimate of drug-likeness (QED) is 0.319. The van der Waals surface area contributed by atoms with Crippen LogP contribution in [-0.4, -0.2) is 35.3 Å². The molecular weight excluding hydrogens is 454 g/mol. The average molecular weight is 488 g/mol. The lowest BCUT2D eigenvalue weighted by Gasteiger charge is -2.21. The van der Waals surface area contributed by atoms with Gasteiger partial charge in [0.2, 0.25) is 0 Å². The first kappa shape index (κ1) is 25.5. The van der Waals surface area contributed by atoms with Gasteiger partial charge in [0.1, 0.15) is 18.0 Å². The van der Waals surface area contributed by atoms with Crippen LogP contribution >= 0.6 is 0 Å². The molecule has 36 heavy (non-hydrogen) atoms. The summed E-state index contributed by atoms with van der Waals surface area (Å²) in [5, 5.41) is 9.74. The van der Waals surface area contributed by atoms with Crippen LogP contribution in [0.2, 0.25) is 0 Å². The van der Waals surface area contributed by atoms with Crippen molar-refractivity contribution in [3.8, 4) is 16.9 Å². The van der Waals surface area contributed by atoms with Crippen LogP contribution in [0.15, 0.2) is 72.8 Å². The van der Waals surface area contributed by atoms with Gasteiger partial charge < -0.3 is 20.3 Å². The Labute approximate surface area is 212 Å². The lowest BCUT2D eigenvalue weighted by molar-refractivity contribution is -0.159. The van der Waals surface area contributed by atoms with Crippen molar-refractivity contribution in [2.75, 3.05) is 6.61 Å². The summed E-state index contributed by atoms with van der Waals surface area (Å²) in [5.74, 6) is -2.68.